The zero-order valence-corrected chi connectivity index (χ0v) is 9.05. The van der Waals surface area contributed by atoms with Crippen LogP contribution >= 0.6 is 0 Å². The summed E-state index contributed by atoms with van der Waals surface area (Å²) < 4.78 is 5.07. The van der Waals surface area contributed by atoms with Gasteiger partial charge in [-0.3, -0.25) is 0 Å². The van der Waals surface area contributed by atoms with Crippen LogP contribution in [0.2, 0.25) is 0 Å². The van der Waals surface area contributed by atoms with Gasteiger partial charge in [0.05, 0.1) is 0 Å². The fraction of sp³-hybridized carbons (Fsp3) is 0.700. The first-order valence-electron chi connectivity index (χ1n) is 4.47. The van der Waals surface area contributed by atoms with E-state index in [0.717, 1.165) is 0 Å². The van der Waals surface area contributed by atoms with Gasteiger partial charge in [0.25, 0.3) is 0 Å². The molecule has 3 nitrogen and oxygen atoms in total. The Morgan fingerprint density at radius 1 is 1.46 bits per heavy atom. The highest BCUT2D eigenvalue weighted by Gasteiger charge is 2.16. The predicted octanol–water partition coefficient (Wildman–Crippen LogP) is 2.48. The van der Waals surface area contributed by atoms with E-state index in [4.69, 9.17) is 4.74 Å². The maximum absolute atomic E-state index is 11.2. The fourth-order valence-electron chi connectivity index (χ4n) is 0.830. The van der Waals surface area contributed by atoms with Gasteiger partial charge in [0, 0.05) is 6.04 Å². The Balaban J connectivity index is 3.88. The third-order valence-electron chi connectivity index (χ3n) is 1.23. The number of hydrogen-bond donors (Lipinski definition) is 1. The van der Waals surface area contributed by atoms with Crippen molar-refractivity contribution in [1.82, 2.24) is 5.32 Å². The van der Waals surface area contributed by atoms with Gasteiger partial charge in [-0.1, -0.05) is 12.2 Å². The number of alkyl carbamates (subject to hydrolysis) is 1. The van der Waals surface area contributed by atoms with Crippen LogP contribution in [0.25, 0.3) is 0 Å². The van der Waals surface area contributed by atoms with Crippen LogP contribution in [0.3, 0.4) is 0 Å². The van der Waals surface area contributed by atoms with E-state index in [2.05, 4.69) is 5.32 Å². The summed E-state index contributed by atoms with van der Waals surface area (Å²) in [7, 11) is 0. The number of hydrogen-bond acceptors (Lipinski definition) is 2. The van der Waals surface area contributed by atoms with Crippen LogP contribution in [0.4, 0.5) is 4.79 Å². The average molecular weight is 185 g/mol. The quantitative estimate of drug-likeness (QED) is 0.671. The Bertz CT molecular complexity index is 192. The second-order valence-electron chi connectivity index (χ2n) is 3.96. The molecular weight excluding hydrogens is 166 g/mol. The molecule has 3 heteroatoms. The van der Waals surface area contributed by atoms with Gasteiger partial charge in [-0.25, -0.2) is 4.79 Å². The lowest BCUT2D eigenvalue weighted by molar-refractivity contribution is 0.0518. The average Bonchev–Trinajstić information content (AvgIpc) is 1.81. The summed E-state index contributed by atoms with van der Waals surface area (Å²) in [5.74, 6) is 0. The third-order valence-corrected chi connectivity index (χ3v) is 1.23. The number of allylic oxidation sites excluding steroid dienone is 1. The number of ether oxygens (including phenoxy) is 1. The van der Waals surface area contributed by atoms with Crippen molar-refractivity contribution in [3.63, 3.8) is 0 Å². The zero-order chi connectivity index (χ0) is 10.5. The summed E-state index contributed by atoms with van der Waals surface area (Å²) in [6, 6.07) is 0.0137. The van der Waals surface area contributed by atoms with Crippen molar-refractivity contribution in [3.05, 3.63) is 12.2 Å². The third kappa shape index (κ3) is 7.37. The van der Waals surface area contributed by atoms with Crippen LogP contribution in [0.1, 0.15) is 34.6 Å². The van der Waals surface area contributed by atoms with E-state index in [-0.39, 0.29) is 12.1 Å². The Kier molecular flexibility index (Phi) is 4.52. The Hall–Kier alpha value is -0.990. The molecule has 0 aliphatic carbocycles. The summed E-state index contributed by atoms with van der Waals surface area (Å²) in [5, 5.41) is 2.69. The first-order chi connectivity index (χ1) is 5.85. The van der Waals surface area contributed by atoms with Gasteiger partial charge >= 0.3 is 6.09 Å². The van der Waals surface area contributed by atoms with Gasteiger partial charge < -0.3 is 10.1 Å². The first-order valence-corrected chi connectivity index (χ1v) is 4.47. The molecule has 0 aromatic rings. The molecule has 0 unspecified atom stereocenters. The largest absolute Gasteiger partial charge is 0.444 e. The van der Waals surface area contributed by atoms with E-state index in [9.17, 15) is 4.79 Å². The van der Waals surface area contributed by atoms with E-state index >= 15 is 0 Å². The molecule has 0 bridgehead atoms. The van der Waals surface area contributed by atoms with Crippen LogP contribution in [-0.2, 0) is 4.74 Å². The van der Waals surface area contributed by atoms with Crippen LogP contribution in [0.15, 0.2) is 12.2 Å². The number of carbonyl (C=O) groups excluding carboxylic acids is 1. The minimum atomic E-state index is -0.431. The van der Waals surface area contributed by atoms with Crippen molar-refractivity contribution >= 4 is 6.09 Å². The number of amides is 1. The Morgan fingerprint density at radius 3 is 2.38 bits per heavy atom. The maximum Gasteiger partial charge on any atom is 0.408 e. The molecule has 1 amide bonds. The van der Waals surface area contributed by atoms with Gasteiger partial charge in [-0.05, 0) is 34.6 Å². The SMILES string of the molecule is C/C=C\[C@H](C)NC(=O)OC(C)(C)C. The maximum atomic E-state index is 11.2. The lowest BCUT2D eigenvalue weighted by atomic mass is 10.2. The van der Waals surface area contributed by atoms with E-state index < -0.39 is 5.60 Å². The van der Waals surface area contributed by atoms with Crippen molar-refractivity contribution in [2.75, 3.05) is 0 Å². The second kappa shape index (κ2) is 4.90. The molecule has 13 heavy (non-hydrogen) atoms. The molecule has 1 atom stereocenters. The normalized spacial score (nSPS) is 14.2. The van der Waals surface area contributed by atoms with E-state index in [0.29, 0.717) is 0 Å². The molecule has 0 aliphatic heterocycles. The van der Waals surface area contributed by atoms with E-state index in [1.807, 2.05) is 46.8 Å². The second-order valence-corrected chi connectivity index (χ2v) is 3.96. The minimum absolute atomic E-state index is 0.0137. The molecule has 0 aromatic carbocycles. The minimum Gasteiger partial charge on any atom is -0.444 e. The van der Waals surface area contributed by atoms with Gasteiger partial charge in [-0.2, -0.15) is 0 Å². The highest BCUT2D eigenvalue weighted by Crippen LogP contribution is 2.06. The van der Waals surface area contributed by atoms with Crippen LogP contribution < -0.4 is 5.32 Å². The smallest absolute Gasteiger partial charge is 0.408 e. The molecule has 0 heterocycles. The van der Waals surface area contributed by atoms with E-state index in [1.165, 1.54) is 0 Å². The van der Waals surface area contributed by atoms with Crippen molar-refractivity contribution in [3.8, 4) is 0 Å². The highest BCUT2D eigenvalue weighted by atomic mass is 16.6. The molecule has 0 rings (SSSR count). The van der Waals surface area contributed by atoms with E-state index in [1.54, 1.807) is 0 Å². The standard InChI is InChI=1S/C10H19NO2/c1-6-7-8(2)11-9(12)13-10(3,4)5/h6-8H,1-5H3,(H,11,12)/b7-6-/t8-/m0/s1. The predicted molar refractivity (Wildman–Crippen MR) is 53.6 cm³/mol. The van der Waals surface area contributed by atoms with Crippen LogP contribution in [0, 0.1) is 0 Å². The molecule has 0 fully saturated rings. The van der Waals surface area contributed by atoms with Gasteiger partial charge in [0.15, 0.2) is 0 Å². The van der Waals surface area contributed by atoms with Gasteiger partial charge in [0.1, 0.15) is 5.60 Å². The lowest BCUT2D eigenvalue weighted by Crippen LogP contribution is -2.36. The van der Waals surface area contributed by atoms with Gasteiger partial charge in [0.2, 0.25) is 0 Å². The van der Waals surface area contributed by atoms with Crippen molar-refractivity contribution in [1.29, 1.82) is 0 Å². The molecule has 0 radical (unpaired) electrons. The van der Waals surface area contributed by atoms with Crippen LogP contribution in [0.5, 0.6) is 0 Å². The molecular formula is C10H19NO2. The highest BCUT2D eigenvalue weighted by molar-refractivity contribution is 5.68. The zero-order valence-electron chi connectivity index (χ0n) is 9.05. The topological polar surface area (TPSA) is 38.3 Å². The summed E-state index contributed by atoms with van der Waals surface area (Å²) in [4.78, 5) is 11.2. The lowest BCUT2D eigenvalue weighted by Gasteiger charge is -2.20. The summed E-state index contributed by atoms with van der Waals surface area (Å²) in [6.45, 7) is 9.32. The first kappa shape index (κ1) is 12.0. The Labute approximate surface area is 80.2 Å². The number of nitrogens with one attached hydrogen (secondary N) is 1. The van der Waals surface area contributed by atoms with Crippen molar-refractivity contribution in [2.24, 2.45) is 0 Å². The van der Waals surface area contributed by atoms with Crippen molar-refractivity contribution in [2.45, 2.75) is 46.3 Å². The molecule has 1 N–H and O–H groups in total. The molecule has 0 spiro atoms. The molecule has 0 aliphatic rings. The fourth-order valence-corrected chi connectivity index (χ4v) is 0.830. The summed E-state index contributed by atoms with van der Waals surface area (Å²) in [5.41, 5.74) is -0.431. The summed E-state index contributed by atoms with van der Waals surface area (Å²) in [6.07, 6.45) is 3.41. The Morgan fingerprint density at radius 2 is 2.00 bits per heavy atom. The summed E-state index contributed by atoms with van der Waals surface area (Å²) >= 11 is 0. The molecule has 0 aromatic heterocycles. The van der Waals surface area contributed by atoms with Gasteiger partial charge in [-0.15, -0.1) is 0 Å². The molecule has 0 saturated carbocycles. The van der Waals surface area contributed by atoms with Crippen LogP contribution in [-0.4, -0.2) is 17.7 Å². The number of rotatable bonds is 2. The number of carbonyl (C=O) groups is 1. The van der Waals surface area contributed by atoms with Crippen molar-refractivity contribution < 1.29 is 9.53 Å². The monoisotopic (exact) mass is 185 g/mol. The molecule has 0 saturated heterocycles. The molecule has 76 valence electrons.